The fourth-order valence-electron chi connectivity index (χ4n) is 2.47. The number of nitro groups is 1. The predicted octanol–water partition coefficient (Wildman–Crippen LogP) is 3.49. The van der Waals surface area contributed by atoms with Crippen LogP contribution in [-0.4, -0.2) is 20.1 Å². The molecule has 1 aliphatic carbocycles. The van der Waals surface area contributed by atoms with Crippen molar-refractivity contribution in [1.82, 2.24) is 15.2 Å². The van der Waals surface area contributed by atoms with Crippen molar-refractivity contribution in [3.8, 4) is 0 Å². The molecule has 7 nitrogen and oxygen atoms in total. The fraction of sp³-hybridized carbons (Fsp3) is 0.200. The van der Waals surface area contributed by atoms with Gasteiger partial charge in [0.1, 0.15) is 0 Å². The summed E-state index contributed by atoms with van der Waals surface area (Å²) in [4.78, 5) is 15.2. The third-order valence-corrected chi connectivity index (χ3v) is 3.79. The van der Waals surface area contributed by atoms with E-state index in [1.165, 1.54) is 6.07 Å². The maximum absolute atomic E-state index is 11.2. The van der Waals surface area contributed by atoms with E-state index in [-0.39, 0.29) is 11.5 Å². The summed E-state index contributed by atoms with van der Waals surface area (Å²) in [6, 6.07) is 8.88. The van der Waals surface area contributed by atoms with E-state index in [1.54, 1.807) is 12.3 Å². The number of hydrogen-bond acceptors (Lipinski definition) is 5. The van der Waals surface area contributed by atoms with Crippen molar-refractivity contribution in [2.75, 3.05) is 5.32 Å². The Labute approximate surface area is 125 Å². The monoisotopic (exact) mass is 295 g/mol. The SMILES string of the molecule is O=[N+]([O-])c1ccc(C2CC2)nc1Nc1ccc2[nH]ncc2c1. The molecule has 0 radical (unpaired) electrons. The van der Waals surface area contributed by atoms with Crippen LogP contribution in [-0.2, 0) is 0 Å². The van der Waals surface area contributed by atoms with E-state index in [2.05, 4.69) is 20.5 Å². The first-order valence-corrected chi connectivity index (χ1v) is 7.06. The number of H-pyrrole nitrogens is 1. The molecule has 3 aromatic rings. The average molecular weight is 295 g/mol. The minimum atomic E-state index is -0.414. The van der Waals surface area contributed by atoms with Crippen molar-refractivity contribution < 1.29 is 4.92 Å². The molecule has 0 saturated heterocycles. The Bertz CT molecular complexity index is 869. The van der Waals surface area contributed by atoms with Crippen molar-refractivity contribution in [3.63, 3.8) is 0 Å². The van der Waals surface area contributed by atoms with E-state index >= 15 is 0 Å². The largest absolute Gasteiger partial charge is 0.334 e. The van der Waals surface area contributed by atoms with Gasteiger partial charge in [0.15, 0.2) is 0 Å². The number of fused-ring (bicyclic) bond motifs is 1. The Balaban J connectivity index is 1.73. The van der Waals surface area contributed by atoms with Gasteiger partial charge in [0.25, 0.3) is 0 Å². The predicted molar refractivity (Wildman–Crippen MR) is 82.2 cm³/mol. The molecule has 22 heavy (non-hydrogen) atoms. The Morgan fingerprint density at radius 2 is 2.14 bits per heavy atom. The van der Waals surface area contributed by atoms with Crippen molar-refractivity contribution in [2.24, 2.45) is 0 Å². The van der Waals surface area contributed by atoms with Gasteiger partial charge in [-0.25, -0.2) is 4.98 Å². The molecular formula is C15H13N5O2. The first-order valence-electron chi connectivity index (χ1n) is 7.06. The van der Waals surface area contributed by atoms with E-state index in [9.17, 15) is 10.1 Å². The first-order chi connectivity index (χ1) is 10.7. The van der Waals surface area contributed by atoms with E-state index in [4.69, 9.17) is 0 Å². The summed E-state index contributed by atoms with van der Waals surface area (Å²) in [5.74, 6) is 0.731. The lowest BCUT2D eigenvalue weighted by molar-refractivity contribution is -0.384. The van der Waals surface area contributed by atoms with E-state index in [1.807, 2.05) is 18.2 Å². The van der Waals surface area contributed by atoms with Crippen molar-refractivity contribution in [1.29, 1.82) is 0 Å². The molecule has 0 unspecified atom stereocenters. The Kier molecular flexibility index (Phi) is 2.78. The maximum atomic E-state index is 11.2. The Morgan fingerprint density at radius 1 is 1.27 bits per heavy atom. The topological polar surface area (TPSA) is 96.7 Å². The molecule has 4 rings (SSSR count). The highest BCUT2D eigenvalue weighted by molar-refractivity contribution is 5.83. The van der Waals surface area contributed by atoms with Gasteiger partial charge >= 0.3 is 5.69 Å². The summed E-state index contributed by atoms with van der Waals surface area (Å²) in [6.07, 6.45) is 3.92. The van der Waals surface area contributed by atoms with Gasteiger partial charge in [0.2, 0.25) is 5.82 Å². The van der Waals surface area contributed by atoms with Crippen molar-refractivity contribution >= 4 is 28.1 Å². The molecule has 0 amide bonds. The van der Waals surface area contributed by atoms with Gasteiger partial charge in [-0.15, -0.1) is 0 Å². The summed E-state index contributed by atoms with van der Waals surface area (Å²) < 4.78 is 0. The van der Waals surface area contributed by atoms with Gasteiger partial charge in [0.05, 0.1) is 16.6 Å². The molecule has 2 N–H and O–H groups in total. The number of hydrogen-bond donors (Lipinski definition) is 2. The zero-order chi connectivity index (χ0) is 15.1. The highest BCUT2D eigenvalue weighted by Crippen LogP contribution is 2.40. The second kappa shape index (κ2) is 4.80. The van der Waals surface area contributed by atoms with Gasteiger partial charge in [-0.2, -0.15) is 5.10 Å². The lowest BCUT2D eigenvalue weighted by Crippen LogP contribution is -2.01. The highest BCUT2D eigenvalue weighted by atomic mass is 16.6. The zero-order valence-corrected chi connectivity index (χ0v) is 11.6. The molecule has 110 valence electrons. The molecule has 1 aromatic carbocycles. The summed E-state index contributed by atoms with van der Waals surface area (Å²) in [5.41, 5.74) is 2.56. The summed E-state index contributed by atoms with van der Waals surface area (Å²) in [6.45, 7) is 0. The second-order valence-corrected chi connectivity index (χ2v) is 5.43. The third kappa shape index (κ3) is 2.26. The number of benzene rings is 1. The minimum absolute atomic E-state index is 0.0170. The van der Waals surface area contributed by atoms with Crippen molar-refractivity contribution in [2.45, 2.75) is 18.8 Å². The number of anilines is 2. The zero-order valence-electron chi connectivity index (χ0n) is 11.6. The number of aromatic amines is 1. The van der Waals surface area contributed by atoms with Crippen LogP contribution in [0.2, 0.25) is 0 Å². The summed E-state index contributed by atoms with van der Waals surface area (Å²) in [7, 11) is 0. The number of aromatic nitrogens is 3. The normalized spacial score (nSPS) is 14.2. The van der Waals surface area contributed by atoms with Crippen LogP contribution >= 0.6 is 0 Å². The molecule has 1 saturated carbocycles. The molecule has 2 heterocycles. The van der Waals surface area contributed by atoms with Gasteiger partial charge in [0, 0.05) is 28.8 Å². The summed E-state index contributed by atoms with van der Waals surface area (Å²) in [5, 5.41) is 22.0. The maximum Gasteiger partial charge on any atom is 0.311 e. The fourth-order valence-corrected chi connectivity index (χ4v) is 2.47. The van der Waals surface area contributed by atoms with Gasteiger partial charge in [-0.3, -0.25) is 15.2 Å². The Morgan fingerprint density at radius 3 is 2.91 bits per heavy atom. The van der Waals surface area contributed by atoms with Crippen LogP contribution in [0.3, 0.4) is 0 Å². The van der Waals surface area contributed by atoms with Crippen LogP contribution in [0, 0.1) is 10.1 Å². The van der Waals surface area contributed by atoms with Crippen molar-refractivity contribution in [3.05, 3.63) is 52.3 Å². The quantitative estimate of drug-likeness (QED) is 0.567. The van der Waals surface area contributed by atoms with Crippen LogP contribution < -0.4 is 5.32 Å². The third-order valence-electron chi connectivity index (χ3n) is 3.79. The highest BCUT2D eigenvalue weighted by Gasteiger charge is 2.27. The molecular weight excluding hydrogens is 282 g/mol. The molecule has 0 aliphatic heterocycles. The number of pyridine rings is 1. The molecule has 2 aromatic heterocycles. The van der Waals surface area contributed by atoms with Crippen LogP contribution in [0.5, 0.6) is 0 Å². The average Bonchev–Trinajstić information content (AvgIpc) is 3.25. The molecule has 0 spiro atoms. The van der Waals surface area contributed by atoms with Crippen LogP contribution in [0.1, 0.15) is 24.5 Å². The smallest absolute Gasteiger partial charge is 0.311 e. The van der Waals surface area contributed by atoms with E-state index in [0.717, 1.165) is 35.1 Å². The lowest BCUT2D eigenvalue weighted by Gasteiger charge is -2.08. The van der Waals surface area contributed by atoms with Crippen LogP contribution in [0.25, 0.3) is 10.9 Å². The van der Waals surface area contributed by atoms with Gasteiger partial charge in [-0.05, 0) is 37.1 Å². The molecule has 0 atom stereocenters. The second-order valence-electron chi connectivity index (χ2n) is 5.43. The molecule has 0 bridgehead atoms. The standard InChI is InChI=1S/C15H13N5O2/c21-20(22)14-6-5-12(9-1-2-9)18-15(14)17-11-3-4-13-10(7-11)8-16-19-13/h3-9H,1-2H2,(H,16,19)(H,17,18). The molecule has 7 heteroatoms. The molecule has 1 aliphatic rings. The van der Waals surface area contributed by atoms with E-state index < -0.39 is 4.92 Å². The van der Waals surface area contributed by atoms with Crippen LogP contribution in [0.4, 0.5) is 17.2 Å². The van der Waals surface area contributed by atoms with E-state index in [0.29, 0.717) is 5.92 Å². The lowest BCUT2D eigenvalue weighted by atomic mass is 10.2. The number of nitrogens with zero attached hydrogens (tertiary/aromatic N) is 3. The first kappa shape index (κ1) is 12.8. The number of nitrogens with one attached hydrogen (secondary N) is 2. The van der Waals surface area contributed by atoms with Crippen LogP contribution in [0.15, 0.2) is 36.5 Å². The van der Waals surface area contributed by atoms with Gasteiger partial charge < -0.3 is 5.32 Å². The summed E-state index contributed by atoms with van der Waals surface area (Å²) >= 11 is 0. The minimum Gasteiger partial charge on any atom is -0.334 e. The molecule has 1 fully saturated rings. The van der Waals surface area contributed by atoms with Gasteiger partial charge in [-0.1, -0.05) is 0 Å². The number of rotatable bonds is 4. The Hall–Kier alpha value is -2.96.